The summed E-state index contributed by atoms with van der Waals surface area (Å²) < 4.78 is 9.90. The Morgan fingerprint density at radius 3 is 2.39 bits per heavy atom. The van der Waals surface area contributed by atoms with Gasteiger partial charge in [-0.25, -0.2) is 9.59 Å². The van der Waals surface area contributed by atoms with Crippen molar-refractivity contribution in [2.75, 3.05) is 7.11 Å². The van der Waals surface area contributed by atoms with Crippen molar-refractivity contribution < 1.29 is 23.9 Å². The minimum absolute atomic E-state index is 0.0932. The van der Waals surface area contributed by atoms with Crippen LogP contribution < -0.4 is 10.6 Å². The van der Waals surface area contributed by atoms with Crippen LogP contribution in [0.5, 0.6) is 0 Å². The number of benzene rings is 1. The average Bonchev–Trinajstić information content (AvgIpc) is 2.69. The van der Waals surface area contributed by atoms with E-state index < -0.39 is 30.1 Å². The molecule has 0 aliphatic rings. The Hall–Kier alpha value is -3.01. The van der Waals surface area contributed by atoms with Crippen molar-refractivity contribution in [1.82, 2.24) is 10.6 Å². The number of rotatable bonds is 10. The van der Waals surface area contributed by atoms with Gasteiger partial charge in [0.1, 0.15) is 18.7 Å². The van der Waals surface area contributed by atoms with Crippen molar-refractivity contribution in [2.24, 2.45) is 5.92 Å². The molecule has 0 saturated carbocycles. The van der Waals surface area contributed by atoms with Crippen LogP contribution in [0.3, 0.4) is 0 Å². The number of unbranched alkanes of at least 4 members (excludes halogenated alkanes) is 1. The Bertz CT molecular complexity index is 682. The Balaban J connectivity index is 2.66. The maximum Gasteiger partial charge on any atom is 0.408 e. The van der Waals surface area contributed by atoms with Crippen LogP contribution >= 0.6 is 0 Å². The molecule has 0 spiro atoms. The first-order valence-corrected chi connectivity index (χ1v) is 9.17. The van der Waals surface area contributed by atoms with Crippen molar-refractivity contribution in [3.05, 3.63) is 35.9 Å². The van der Waals surface area contributed by atoms with Gasteiger partial charge in [0.15, 0.2) is 0 Å². The van der Waals surface area contributed by atoms with E-state index in [1.165, 1.54) is 7.11 Å². The van der Waals surface area contributed by atoms with Gasteiger partial charge in [-0.15, -0.1) is 12.3 Å². The number of amides is 2. The quantitative estimate of drug-likeness (QED) is 0.365. The van der Waals surface area contributed by atoms with Crippen LogP contribution in [0.4, 0.5) is 4.79 Å². The molecule has 7 heteroatoms. The summed E-state index contributed by atoms with van der Waals surface area (Å²) in [7, 11) is 1.25. The zero-order valence-corrected chi connectivity index (χ0v) is 16.6. The van der Waals surface area contributed by atoms with E-state index >= 15 is 0 Å². The maximum absolute atomic E-state index is 12.6. The summed E-state index contributed by atoms with van der Waals surface area (Å²) in [5, 5.41) is 5.19. The lowest BCUT2D eigenvalue weighted by Gasteiger charge is -2.24. The SMILES string of the molecule is C#CCCC[C@H](NC(=O)[C@H](NC(=O)OCc1ccccc1)C(C)C)C(=O)OC. The highest BCUT2D eigenvalue weighted by molar-refractivity contribution is 5.89. The standard InChI is InChI=1S/C21H28N2O5/c1-5-6-8-13-17(20(25)27-4)22-19(24)18(15(2)3)23-21(26)28-14-16-11-9-7-10-12-16/h1,7,9-12,15,17-18H,6,8,13-14H2,2-4H3,(H,22,24)(H,23,26)/t17-,18+/m0/s1. The van der Waals surface area contributed by atoms with Gasteiger partial charge in [-0.05, 0) is 24.3 Å². The van der Waals surface area contributed by atoms with Crippen molar-refractivity contribution in [2.45, 2.75) is 51.8 Å². The number of terminal acetylenes is 1. The number of hydrogen-bond donors (Lipinski definition) is 2. The number of carbonyl (C=O) groups is 3. The van der Waals surface area contributed by atoms with E-state index in [0.717, 1.165) is 5.56 Å². The second kappa shape index (κ2) is 12.4. The predicted molar refractivity (Wildman–Crippen MR) is 105 cm³/mol. The smallest absolute Gasteiger partial charge is 0.408 e. The fourth-order valence-electron chi connectivity index (χ4n) is 2.49. The van der Waals surface area contributed by atoms with Crippen LogP contribution in [0, 0.1) is 18.3 Å². The Labute approximate surface area is 166 Å². The van der Waals surface area contributed by atoms with Crippen molar-refractivity contribution in [1.29, 1.82) is 0 Å². The molecule has 0 saturated heterocycles. The zero-order chi connectivity index (χ0) is 20.9. The molecule has 2 atom stereocenters. The van der Waals surface area contributed by atoms with E-state index in [2.05, 4.69) is 16.6 Å². The normalized spacial score (nSPS) is 12.4. The molecule has 0 radical (unpaired) electrons. The van der Waals surface area contributed by atoms with Gasteiger partial charge in [-0.2, -0.15) is 0 Å². The minimum Gasteiger partial charge on any atom is -0.467 e. The summed E-state index contributed by atoms with van der Waals surface area (Å²) in [4.78, 5) is 36.6. The Morgan fingerprint density at radius 1 is 1.14 bits per heavy atom. The molecule has 0 bridgehead atoms. The van der Waals surface area contributed by atoms with E-state index in [4.69, 9.17) is 15.9 Å². The van der Waals surface area contributed by atoms with Gasteiger partial charge < -0.3 is 20.1 Å². The van der Waals surface area contributed by atoms with Gasteiger partial charge in [0.2, 0.25) is 5.91 Å². The molecule has 0 aliphatic carbocycles. The van der Waals surface area contributed by atoms with Crippen LogP contribution in [0.1, 0.15) is 38.7 Å². The third kappa shape index (κ3) is 8.12. The number of alkyl carbamates (subject to hydrolysis) is 1. The van der Waals surface area contributed by atoms with E-state index in [1.54, 1.807) is 13.8 Å². The molecule has 2 amide bonds. The van der Waals surface area contributed by atoms with Gasteiger partial charge in [0, 0.05) is 6.42 Å². The molecule has 0 fully saturated rings. The first kappa shape index (κ1) is 23.0. The van der Waals surface area contributed by atoms with E-state index in [1.807, 2.05) is 30.3 Å². The highest BCUT2D eigenvalue weighted by atomic mass is 16.5. The molecule has 0 aromatic heterocycles. The Kier molecular flexibility index (Phi) is 10.2. The molecule has 2 N–H and O–H groups in total. The summed E-state index contributed by atoms with van der Waals surface area (Å²) in [6, 6.07) is 7.53. The van der Waals surface area contributed by atoms with Gasteiger partial charge in [0.25, 0.3) is 0 Å². The molecule has 152 valence electrons. The summed E-state index contributed by atoms with van der Waals surface area (Å²) in [6.07, 6.45) is 5.92. The first-order valence-electron chi connectivity index (χ1n) is 9.17. The minimum atomic E-state index is -0.858. The van der Waals surface area contributed by atoms with Gasteiger partial charge >= 0.3 is 12.1 Å². The number of hydrogen-bond acceptors (Lipinski definition) is 5. The van der Waals surface area contributed by atoms with E-state index in [9.17, 15) is 14.4 Å². The van der Waals surface area contributed by atoms with Gasteiger partial charge in [0.05, 0.1) is 7.11 Å². The van der Waals surface area contributed by atoms with Gasteiger partial charge in [-0.1, -0.05) is 44.2 Å². The largest absolute Gasteiger partial charge is 0.467 e. The zero-order valence-electron chi connectivity index (χ0n) is 16.6. The van der Waals surface area contributed by atoms with Crippen LogP contribution in [0.15, 0.2) is 30.3 Å². The van der Waals surface area contributed by atoms with Gasteiger partial charge in [-0.3, -0.25) is 4.79 Å². The van der Waals surface area contributed by atoms with Crippen LogP contribution in [-0.4, -0.2) is 37.2 Å². The lowest BCUT2D eigenvalue weighted by atomic mass is 10.0. The number of ether oxygens (including phenoxy) is 2. The lowest BCUT2D eigenvalue weighted by molar-refractivity contribution is -0.145. The summed E-state index contributed by atoms with van der Waals surface area (Å²) >= 11 is 0. The van der Waals surface area contributed by atoms with Crippen molar-refractivity contribution in [3.8, 4) is 12.3 Å². The molecule has 1 rings (SSSR count). The summed E-state index contributed by atoms with van der Waals surface area (Å²) in [5.41, 5.74) is 0.836. The number of esters is 1. The molecule has 0 unspecified atom stereocenters. The predicted octanol–water partition coefficient (Wildman–Crippen LogP) is 2.40. The summed E-state index contributed by atoms with van der Waals surface area (Å²) in [5.74, 6) is 1.24. The topological polar surface area (TPSA) is 93.7 Å². The number of carbonyl (C=O) groups excluding carboxylic acids is 3. The van der Waals surface area contributed by atoms with Crippen LogP contribution in [0.25, 0.3) is 0 Å². The molecule has 1 aromatic carbocycles. The second-order valence-electron chi connectivity index (χ2n) is 6.61. The van der Waals surface area contributed by atoms with Crippen LogP contribution in [0.2, 0.25) is 0 Å². The van der Waals surface area contributed by atoms with Crippen LogP contribution in [-0.2, 0) is 25.7 Å². The number of nitrogens with one attached hydrogen (secondary N) is 2. The monoisotopic (exact) mass is 388 g/mol. The lowest BCUT2D eigenvalue weighted by Crippen LogP contribution is -2.53. The molecule has 7 nitrogen and oxygen atoms in total. The fourth-order valence-corrected chi connectivity index (χ4v) is 2.49. The van der Waals surface area contributed by atoms with E-state index in [-0.39, 0.29) is 12.5 Å². The number of methoxy groups -OCH3 is 1. The molecule has 1 aromatic rings. The highest BCUT2D eigenvalue weighted by Crippen LogP contribution is 2.08. The molecular formula is C21H28N2O5. The second-order valence-corrected chi connectivity index (χ2v) is 6.61. The third-order valence-electron chi connectivity index (χ3n) is 4.05. The van der Waals surface area contributed by atoms with Crippen molar-refractivity contribution in [3.63, 3.8) is 0 Å². The molecular weight excluding hydrogens is 360 g/mol. The van der Waals surface area contributed by atoms with E-state index in [0.29, 0.717) is 19.3 Å². The average molecular weight is 388 g/mol. The summed E-state index contributed by atoms with van der Waals surface area (Å²) in [6.45, 7) is 3.66. The molecule has 0 aliphatic heterocycles. The Morgan fingerprint density at radius 2 is 1.82 bits per heavy atom. The fraction of sp³-hybridized carbons (Fsp3) is 0.476. The first-order chi connectivity index (χ1) is 13.4. The highest BCUT2D eigenvalue weighted by Gasteiger charge is 2.29. The molecule has 28 heavy (non-hydrogen) atoms. The third-order valence-corrected chi connectivity index (χ3v) is 4.05. The van der Waals surface area contributed by atoms with Crippen molar-refractivity contribution >= 4 is 18.0 Å². The maximum atomic E-state index is 12.6. The molecule has 0 heterocycles.